The molecule has 0 spiro atoms. The fourth-order valence-electron chi connectivity index (χ4n) is 5.56. The van der Waals surface area contributed by atoms with Crippen molar-refractivity contribution in [1.82, 2.24) is 19.4 Å². The van der Waals surface area contributed by atoms with Crippen LogP contribution in [0.1, 0.15) is 47.8 Å². The predicted molar refractivity (Wildman–Crippen MR) is 136 cm³/mol. The molecule has 2 amide bonds. The lowest BCUT2D eigenvalue weighted by Gasteiger charge is -2.40. The molecule has 36 heavy (non-hydrogen) atoms. The standard InChI is InChI=1S/C28H32N4O4/c33-24-14-8-7-13-23(24)32-19-29-25(26(32)21-11-5-2-6-12-21)27(34)31-16-15-30(28(35)36)18-22(31)17-20-9-3-1-4-10-20/h1-6,9-12,19,22-24,33H,7-8,13-18H2,(H,35,36)/t22-,23+,24-/m1/s1. The van der Waals surface area contributed by atoms with Crippen LogP contribution in [0.5, 0.6) is 0 Å². The van der Waals surface area contributed by atoms with Gasteiger partial charge in [0.15, 0.2) is 5.69 Å². The highest BCUT2D eigenvalue weighted by Crippen LogP contribution is 2.35. The smallest absolute Gasteiger partial charge is 0.407 e. The highest BCUT2D eigenvalue weighted by Gasteiger charge is 2.36. The largest absolute Gasteiger partial charge is 0.465 e. The number of hydrogen-bond acceptors (Lipinski definition) is 4. The van der Waals surface area contributed by atoms with Crippen LogP contribution in [0.4, 0.5) is 4.79 Å². The summed E-state index contributed by atoms with van der Waals surface area (Å²) in [7, 11) is 0. The number of carboxylic acid groups (broad SMARTS) is 1. The number of rotatable bonds is 5. The van der Waals surface area contributed by atoms with Gasteiger partial charge < -0.3 is 24.6 Å². The molecule has 188 valence electrons. The maximum atomic E-state index is 14.1. The number of carbonyl (C=O) groups is 2. The Bertz CT molecular complexity index is 1200. The molecule has 2 aromatic carbocycles. The third-order valence-corrected chi connectivity index (χ3v) is 7.42. The minimum absolute atomic E-state index is 0.132. The molecule has 1 aliphatic carbocycles. The molecule has 3 aromatic rings. The van der Waals surface area contributed by atoms with Gasteiger partial charge in [-0.2, -0.15) is 0 Å². The molecular formula is C28H32N4O4. The Morgan fingerprint density at radius 1 is 0.944 bits per heavy atom. The molecule has 2 N–H and O–H groups in total. The van der Waals surface area contributed by atoms with Crippen molar-refractivity contribution in [1.29, 1.82) is 0 Å². The van der Waals surface area contributed by atoms with Crippen LogP contribution in [0.25, 0.3) is 11.3 Å². The van der Waals surface area contributed by atoms with E-state index in [1.165, 1.54) is 4.90 Å². The number of hydrogen-bond donors (Lipinski definition) is 2. The lowest BCUT2D eigenvalue weighted by molar-refractivity contribution is 0.0446. The quantitative estimate of drug-likeness (QED) is 0.564. The summed E-state index contributed by atoms with van der Waals surface area (Å²) < 4.78 is 1.98. The summed E-state index contributed by atoms with van der Waals surface area (Å²) in [6, 6.07) is 19.1. The topological polar surface area (TPSA) is 98.9 Å². The zero-order chi connectivity index (χ0) is 25.1. The molecule has 2 fully saturated rings. The molecule has 1 saturated carbocycles. The van der Waals surface area contributed by atoms with E-state index in [1.807, 2.05) is 65.2 Å². The molecule has 0 unspecified atom stereocenters. The third-order valence-electron chi connectivity index (χ3n) is 7.42. The summed E-state index contributed by atoms with van der Waals surface area (Å²) in [5, 5.41) is 20.4. The van der Waals surface area contributed by atoms with Crippen LogP contribution >= 0.6 is 0 Å². The van der Waals surface area contributed by atoms with E-state index < -0.39 is 12.2 Å². The molecule has 1 saturated heterocycles. The van der Waals surface area contributed by atoms with Gasteiger partial charge >= 0.3 is 6.09 Å². The predicted octanol–water partition coefficient (Wildman–Crippen LogP) is 4.07. The van der Waals surface area contributed by atoms with E-state index >= 15 is 0 Å². The van der Waals surface area contributed by atoms with E-state index in [0.717, 1.165) is 36.8 Å². The van der Waals surface area contributed by atoms with Gasteiger partial charge in [0.2, 0.25) is 0 Å². The van der Waals surface area contributed by atoms with Crippen LogP contribution in [-0.4, -0.2) is 73.3 Å². The highest BCUT2D eigenvalue weighted by atomic mass is 16.4. The number of carbonyl (C=O) groups excluding carboxylic acids is 1. The van der Waals surface area contributed by atoms with Crippen LogP contribution < -0.4 is 0 Å². The third kappa shape index (κ3) is 4.86. The molecule has 8 heteroatoms. The lowest BCUT2D eigenvalue weighted by Crippen LogP contribution is -2.57. The van der Waals surface area contributed by atoms with Crippen molar-refractivity contribution in [2.45, 2.75) is 50.3 Å². The van der Waals surface area contributed by atoms with E-state index in [4.69, 9.17) is 0 Å². The SMILES string of the molecule is O=C(O)N1CCN(C(=O)c2ncn([C@H]3CCCC[C@H]3O)c2-c2ccccc2)[C@H](Cc2ccccc2)C1. The Kier molecular flexibility index (Phi) is 7.04. The molecule has 5 rings (SSSR count). The normalized spacial score (nSPS) is 22.4. The average molecular weight is 489 g/mol. The number of aliphatic hydroxyl groups is 1. The van der Waals surface area contributed by atoms with Crippen molar-refractivity contribution in [3.05, 3.63) is 78.2 Å². The fraction of sp³-hybridized carbons (Fsp3) is 0.393. The van der Waals surface area contributed by atoms with Crippen molar-refractivity contribution in [2.75, 3.05) is 19.6 Å². The molecule has 1 aliphatic heterocycles. The van der Waals surface area contributed by atoms with Crippen LogP contribution in [0.2, 0.25) is 0 Å². The van der Waals surface area contributed by atoms with E-state index in [2.05, 4.69) is 4.98 Å². The van der Waals surface area contributed by atoms with E-state index in [9.17, 15) is 19.8 Å². The number of amides is 2. The van der Waals surface area contributed by atoms with Gasteiger partial charge in [0, 0.05) is 25.2 Å². The Balaban J connectivity index is 1.51. The first kappa shape index (κ1) is 24.1. The second-order valence-corrected chi connectivity index (χ2v) is 9.70. The summed E-state index contributed by atoms with van der Waals surface area (Å²) in [5.74, 6) is -0.205. The average Bonchev–Trinajstić information content (AvgIpc) is 3.34. The van der Waals surface area contributed by atoms with E-state index in [-0.39, 0.29) is 31.1 Å². The van der Waals surface area contributed by atoms with Gasteiger partial charge in [-0.05, 0) is 24.8 Å². The second kappa shape index (κ2) is 10.5. The number of benzene rings is 2. The number of aromatic nitrogens is 2. The van der Waals surface area contributed by atoms with Gasteiger partial charge in [0.25, 0.3) is 5.91 Å². The van der Waals surface area contributed by atoms with Crippen molar-refractivity contribution >= 4 is 12.0 Å². The van der Waals surface area contributed by atoms with Gasteiger partial charge in [0.05, 0.1) is 30.2 Å². The fourth-order valence-corrected chi connectivity index (χ4v) is 5.56. The summed E-state index contributed by atoms with van der Waals surface area (Å²) in [5.41, 5.74) is 2.98. The second-order valence-electron chi connectivity index (χ2n) is 9.70. The van der Waals surface area contributed by atoms with Gasteiger partial charge in [-0.3, -0.25) is 4.79 Å². The Morgan fingerprint density at radius 2 is 1.64 bits per heavy atom. The Labute approximate surface area is 210 Å². The van der Waals surface area contributed by atoms with Crippen molar-refractivity contribution < 1.29 is 19.8 Å². The van der Waals surface area contributed by atoms with Crippen molar-refractivity contribution in [3.63, 3.8) is 0 Å². The highest BCUT2D eigenvalue weighted by molar-refractivity contribution is 5.98. The Morgan fingerprint density at radius 3 is 2.33 bits per heavy atom. The molecule has 2 aliphatic rings. The van der Waals surface area contributed by atoms with Crippen LogP contribution in [0, 0.1) is 0 Å². The maximum Gasteiger partial charge on any atom is 0.407 e. The van der Waals surface area contributed by atoms with E-state index in [1.54, 1.807) is 11.2 Å². The molecule has 1 aromatic heterocycles. The minimum atomic E-state index is -0.972. The lowest BCUT2D eigenvalue weighted by atomic mass is 9.92. The number of piperazine rings is 1. The number of aliphatic hydroxyl groups excluding tert-OH is 1. The van der Waals surface area contributed by atoms with Gasteiger partial charge in [-0.1, -0.05) is 73.5 Å². The summed E-state index contributed by atoms with van der Waals surface area (Å²) in [6.45, 7) is 0.809. The van der Waals surface area contributed by atoms with E-state index in [0.29, 0.717) is 24.4 Å². The van der Waals surface area contributed by atoms with Gasteiger partial charge in [-0.15, -0.1) is 0 Å². The molecule has 0 radical (unpaired) electrons. The maximum absolute atomic E-state index is 14.1. The number of nitrogens with zero attached hydrogens (tertiary/aromatic N) is 4. The molecule has 0 bridgehead atoms. The van der Waals surface area contributed by atoms with Crippen LogP contribution in [0.3, 0.4) is 0 Å². The van der Waals surface area contributed by atoms with Gasteiger partial charge in [0.1, 0.15) is 0 Å². The first-order valence-electron chi connectivity index (χ1n) is 12.7. The molecule has 2 heterocycles. The monoisotopic (exact) mass is 488 g/mol. The molecular weight excluding hydrogens is 456 g/mol. The Hall–Kier alpha value is -3.65. The van der Waals surface area contributed by atoms with Crippen LogP contribution in [0.15, 0.2) is 67.0 Å². The van der Waals surface area contributed by atoms with Crippen LogP contribution in [-0.2, 0) is 6.42 Å². The van der Waals surface area contributed by atoms with Crippen molar-refractivity contribution in [2.24, 2.45) is 0 Å². The van der Waals surface area contributed by atoms with Gasteiger partial charge in [-0.25, -0.2) is 9.78 Å². The summed E-state index contributed by atoms with van der Waals surface area (Å²) >= 11 is 0. The first-order valence-corrected chi connectivity index (χ1v) is 12.7. The van der Waals surface area contributed by atoms with Crippen molar-refractivity contribution in [3.8, 4) is 11.3 Å². The zero-order valence-electron chi connectivity index (χ0n) is 20.2. The first-order chi connectivity index (χ1) is 17.5. The summed E-state index contributed by atoms with van der Waals surface area (Å²) in [6.07, 6.45) is 4.37. The minimum Gasteiger partial charge on any atom is -0.465 e. The zero-order valence-corrected chi connectivity index (χ0v) is 20.2. The molecule has 8 nitrogen and oxygen atoms in total. The summed E-state index contributed by atoms with van der Waals surface area (Å²) in [4.78, 5) is 33.6. The number of imidazole rings is 1. The molecule has 3 atom stereocenters.